The Bertz CT molecular complexity index is 1010. The number of nitrogens with zero attached hydrogens (tertiary/aromatic N) is 3. The monoisotopic (exact) mass is 412 g/mol. The van der Waals surface area contributed by atoms with Crippen molar-refractivity contribution in [2.45, 2.75) is 33.1 Å². The number of carbonyl (C=O) groups excluding carboxylic acids is 2. The summed E-state index contributed by atoms with van der Waals surface area (Å²) in [7, 11) is 1.41. The number of aliphatic carboxylic acids is 1. The molecule has 5 rings (SSSR count). The number of imidazole rings is 1. The van der Waals surface area contributed by atoms with Gasteiger partial charge >= 0.3 is 5.97 Å². The molecule has 0 unspecified atom stereocenters. The first-order valence-corrected chi connectivity index (χ1v) is 10.4. The Kier molecular flexibility index (Phi) is 5.03. The molecular weight excluding hydrogens is 384 g/mol. The van der Waals surface area contributed by atoms with Gasteiger partial charge in [0.1, 0.15) is 23.6 Å². The van der Waals surface area contributed by atoms with Crippen LogP contribution in [0.15, 0.2) is 24.4 Å². The molecule has 2 aromatic rings. The standard InChI is InChI=1S/C22H28N4O4/c1-22(2)14-8-7-13(15(22)9-14)10-23-20(29)17-5-4-6-18-24-16(11-26(17)18)21(30)25(3)12-19(27)28/h4-6,11,13-15H,7-10,12H2,1-3H3,(H,23,29)(H,27,28)/t13-,14-,15+/m0/s1. The van der Waals surface area contributed by atoms with Crippen LogP contribution >= 0.6 is 0 Å². The van der Waals surface area contributed by atoms with E-state index in [0.29, 0.717) is 35.1 Å². The van der Waals surface area contributed by atoms with Gasteiger partial charge in [0.25, 0.3) is 11.8 Å². The fraction of sp³-hybridized carbons (Fsp3) is 0.545. The van der Waals surface area contributed by atoms with E-state index in [1.165, 1.54) is 26.1 Å². The molecule has 3 fully saturated rings. The zero-order valence-corrected chi connectivity index (χ0v) is 17.6. The molecular formula is C22H28N4O4. The molecule has 3 aliphatic rings. The lowest BCUT2D eigenvalue weighted by molar-refractivity contribution is -0.137. The second-order valence-electron chi connectivity index (χ2n) is 9.23. The molecule has 160 valence electrons. The third-order valence-electron chi connectivity index (χ3n) is 7.19. The fourth-order valence-electron chi connectivity index (χ4n) is 5.29. The molecule has 0 radical (unpaired) electrons. The van der Waals surface area contributed by atoms with Crippen LogP contribution in [-0.4, -0.2) is 57.3 Å². The molecule has 8 heteroatoms. The van der Waals surface area contributed by atoms with Gasteiger partial charge in [0.05, 0.1) is 0 Å². The van der Waals surface area contributed by atoms with E-state index in [-0.39, 0.29) is 11.6 Å². The first-order valence-electron chi connectivity index (χ1n) is 10.4. The molecule has 3 atom stereocenters. The van der Waals surface area contributed by atoms with Crippen LogP contribution in [0.4, 0.5) is 0 Å². The highest BCUT2D eigenvalue weighted by Gasteiger charge is 2.53. The van der Waals surface area contributed by atoms with Gasteiger partial charge < -0.3 is 15.3 Å². The zero-order chi connectivity index (χ0) is 21.6. The predicted molar refractivity (Wildman–Crippen MR) is 110 cm³/mol. The number of hydrogen-bond acceptors (Lipinski definition) is 4. The van der Waals surface area contributed by atoms with Gasteiger partial charge in [-0.1, -0.05) is 19.9 Å². The van der Waals surface area contributed by atoms with Gasteiger partial charge in [-0.25, -0.2) is 4.98 Å². The highest BCUT2D eigenvalue weighted by atomic mass is 16.4. The van der Waals surface area contributed by atoms with E-state index in [1.807, 2.05) is 0 Å². The SMILES string of the molecule is CN(CC(=O)O)C(=O)c1cn2c(C(=O)NC[C@@H]3CC[C@H]4C[C@H]3C4(C)C)cccc2n1. The summed E-state index contributed by atoms with van der Waals surface area (Å²) >= 11 is 0. The Balaban J connectivity index is 1.48. The molecule has 2 heterocycles. The molecule has 2 aromatic heterocycles. The van der Waals surface area contributed by atoms with Crippen molar-refractivity contribution in [1.82, 2.24) is 19.6 Å². The van der Waals surface area contributed by atoms with Crippen LogP contribution in [0.2, 0.25) is 0 Å². The van der Waals surface area contributed by atoms with Crippen molar-refractivity contribution >= 4 is 23.4 Å². The summed E-state index contributed by atoms with van der Waals surface area (Å²) in [5.41, 5.74) is 1.35. The van der Waals surface area contributed by atoms with Gasteiger partial charge in [0.15, 0.2) is 0 Å². The number of hydrogen-bond donors (Lipinski definition) is 2. The summed E-state index contributed by atoms with van der Waals surface area (Å²) in [4.78, 5) is 41.6. The molecule has 2 N–H and O–H groups in total. The van der Waals surface area contributed by atoms with Crippen molar-refractivity contribution in [2.24, 2.45) is 23.2 Å². The zero-order valence-electron chi connectivity index (χ0n) is 17.6. The number of pyridine rings is 1. The van der Waals surface area contributed by atoms with E-state index < -0.39 is 18.4 Å². The van der Waals surface area contributed by atoms with Crippen molar-refractivity contribution in [1.29, 1.82) is 0 Å². The minimum atomic E-state index is -1.10. The number of carboxylic acids is 1. The number of rotatable bonds is 6. The van der Waals surface area contributed by atoms with E-state index in [0.717, 1.165) is 17.2 Å². The average Bonchev–Trinajstić information content (AvgIpc) is 3.15. The summed E-state index contributed by atoms with van der Waals surface area (Å²) in [6.45, 7) is 4.91. The van der Waals surface area contributed by atoms with Gasteiger partial charge in [0, 0.05) is 19.8 Å². The summed E-state index contributed by atoms with van der Waals surface area (Å²) in [6, 6.07) is 5.14. The number of amides is 2. The normalized spacial score (nSPS) is 24.2. The van der Waals surface area contributed by atoms with E-state index in [1.54, 1.807) is 22.6 Å². The lowest BCUT2D eigenvalue weighted by atomic mass is 9.45. The lowest BCUT2D eigenvalue weighted by Crippen LogP contribution is -2.54. The van der Waals surface area contributed by atoms with E-state index in [4.69, 9.17) is 5.11 Å². The number of fused-ring (bicyclic) bond motifs is 3. The summed E-state index contributed by atoms with van der Waals surface area (Å²) in [6.07, 6.45) is 5.14. The molecule has 3 aliphatic carbocycles. The topological polar surface area (TPSA) is 104 Å². The summed E-state index contributed by atoms with van der Waals surface area (Å²) in [5.74, 6) is 0.182. The molecule has 30 heavy (non-hydrogen) atoms. The van der Waals surface area contributed by atoms with Crippen LogP contribution in [-0.2, 0) is 4.79 Å². The van der Waals surface area contributed by atoms with Crippen LogP contribution in [0.5, 0.6) is 0 Å². The minimum Gasteiger partial charge on any atom is -0.480 e. The van der Waals surface area contributed by atoms with E-state index >= 15 is 0 Å². The highest BCUT2D eigenvalue weighted by Crippen LogP contribution is 2.61. The molecule has 3 saturated carbocycles. The Morgan fingerprint density at radius 3 is 2.73 bits per heavy atom. The van der Waals surface area contributed by atoms with Crippen LogP contribution in [0.25, 0.3) is 5.65 Å². The third-order valence-corrected chi connectivity index (χ3v) is 7.19. The molecule has 0 aliphatic heterocycles. The quantitative estimate of drug-likeness (QED) is 0.758. The van der Waals surface area contributed by atoms with Crippen LogP contribution in [0.3, 0.4) is 0 Å². The van der Waals surface area contributed by atoms with Crippen molar-refractivity contribution in [3.8, 4) is 0 Å². The van der Waals surface area contributed by atoms with E-state index in [9.17, 15) is 14.4 Å². The third kappa shape index (κ3) is 3.44. The van der Waals surface area contributed by atoms with Gasteiger partial charge in [0.2, 0.25) is 0 Å². The maximum Gasteiger partial charge on any atom is 0.323 e. The van der Waals surface area contributed by atoms with Crippen LogP contribution < -0.4 is 5.32 Å². The largest absolute Gasteiger partial charge is 0.480 e. The highest BCUT2D eigenvalue weighted by molar-refractivity contribution is 5.96. The Morgan fingerprint density at radius 1 is 1.30 bits per heavy atom. The summed E-state index contributed by atoms with van der Waals surface area (Å²) in [5, 5.41) is 12.0. The smallest absolute Gasteiger partial charge is 0.323 e. The Hall–Kier alpha value is -2.90. The van der Waals surface area contributed by atoms with Crippen LogP contribution in [0.1, 0.15) is 54.1 Å². The minimum absolute atomic E-state index is 0.105. The number of carbonyl (C=O) groups is 3. The second-order valence-corrected chi connectivity index (χ2v) is 9.23. The summed E-state index contributed by atoms with van der Waals surface area (Å²) < 4.78 is 1.58. The number of aromatic nitrogens is 2. The number of nitrogens with one attached hydrogen (secondary N) is 1. The fourth-order valence-corrected chi connectivity index (χ4v) is 5.29. The molecule has 2 amide bonds. The van der Waals surface area contributed by atoms with Crippen molar-refractivity contribution in [3.63, 3.8) is 0 Å². The van der Waals surface area contributed by atoms with Crippen molar-refractivity contribution < 1.29 is 19.5 Å². The van der Waals surface area contributed by atoms with Crippen molar-refractivity contribution in [3.05, 3.63) is 35.8 Å². The van der Waals surface area contributed by atoms with Crippen LogP contribution in [0, 0.1) is 23.2 Å². The maximum atomic E-state index is 12.9. The first-order chi connectivity index (χ1) is 14.2. The Labute approximate surface area is 175 Å². The van der Waals surface area contributed by atoms with Gasteiger partial charge in [-0.05, 0) is 54.6 Å². The van der Waals surface area contributed by atoms with Crippen molar-refractivity contribution in [2.75, 3.05) is 20.1 Å². The second kappa shape index (κ2) is 7.41. The van der Waals surface area contributed by atoms with Gasteiger partial charge in [-0.15, -0.1) is 0 Å². The lowest BCUT2D eigenvalue weighted by Gasteiger charge is -2.60. The molecule has 2 bridgehead atoms. The Morgan fingerprint density at radius 2 is 2.07 bits per heavy atom. The number of likely N-dealkylation sites (N-methyl/N-ethyl adjacent to an activating group) is 1. The molecule has 8 nitrogen and oxygen atoms in total. The van der Waals surface area contributed by atoms with Gasteiger partial charge in [-0.2, -0.15) is 0 Å². The molecule has 0 saturated heterocycles. The maximum absolute atomic E-state index is 12.9. The molecule has 0 aromatic carbocycles. The number of carboxylic acid groups (broad SMARTS) is 1. The van der Waals surface area contributed by atoms with Gasteiger partial charge in [-0.3, -0.25) is 18.8 Å². The van der Waals surface area contributed by atoms with E-state index in [2.05, 4.69) is 24.1 Å². The molecule has 0 spiro atoms. The predicted octanol–water partition coefficient (Wildman–Crippen LogP) is 2.29. The first kappa shape index (κ1) is 20.4. The average molecular weight is 412 g/mol.